The zero-order valence-corrected chi connectivity index (χ0v) is 19.0. The Bertz CT molecular complexity index is 1040. The van der Waals surface area contributed by atoms with Gasteiger partial charge in [0.1, 0.15) is 0 Å². The molecule has 0 aliphatic heterocycles. The Morgan fingerprint density at radius 1 is 1.03 bits per heavy atom. The van der Waals surface area contributed by atoms with Crippen LogP contribution in [-0.2, 0) is 6.42 Å². The Labute approximate surface area is 195 Å². The van der Waals surface area contributed by atoms with Crippen LogP contribution in [0.1, 0.15) is 41.1 Å². The third-order valence-corrected chi connectivity index (χ3v) is 5.68. The van der Waals surface area contributed by atoms with E-state index < -0.39 is 0 Å². The fraction of sp³-hybridized carbons (Fsp3) is 0.222. The first-order valence-electron chi connectivity index (χ1n) is 10.8. The number of hydrogen-bond donors (Lipinski definition) is 2. The summed E-state index contributed by atoms with van der Waals surface area (Å²) in [6, 6.07) is 28.5. The zero-order chi connectivity index (χ0) is 22.8. The number of nitrogens with one attached hydrogen (secondary N) is 1. The Hall–Kier alpha value is -3.10. The predicted molar refractivity (Wildman–Crippen MR) is 132 cm³/mol. The van der Waals surface area contributed by atoms with Gasteiger partial charge in [0, 0.05) is 23.7 Å². The largest absolute Gasteiger partial charge is 0.317 e. The summed E-state index contributed by atoms with van der Waals surface area (Å²) in [7, 11) is 0. The summed E-state index contributed by atoms with van der Waals surface area (Å²) >= 11 is 6.08. The first kappa shape index (κ1) is 23.6. The highest BCUT2D eigenvalue weighted by Gasteiger charge is 2.18. The number of allylic oxidation sites excluding steroid dienone is 1. The second-order valence-corrected chi connectivity index (χ2v) is 8.25. The molecule has 32 heavy (non-hydrogen) atoms. The van der Waals surface area contributed by atoms with Crippen molar-refractivity contribution in [2.24, 2.45) is 5.84 Å². The third kappa shape index (κ3) is 6.96. The maximum atomic E-state index is 9.37. The molecule has 0 aliphatic rings. The number of hydrogen-bond acceptors (Lipinski definition) is 4. The van der Waals surface area contributed by atoms with Gasteiger partial charge in [-0.1, -0.05) is 72.3 Å². The standard InChI is InChI=1S/C27H29ClN4/c1-2-15-32(30)20-27(23-8-4-3-5-9-23)31-19-25(16-21-11-13-26(28)14-12-21)24-10-6-7-22(17-24)18-29/h2-15,17,25,27,31H,16,19-20,30H2,1H3/b15-2-. The minimum absolute atomic E-state index is 0.0595. The fourth-order valence-electron chi connectivity index (χ4n) is 3.80. The summed E-state index contributed by atoms with van der Waals surface area (Å²) in [5.74, 6) is 6.36. The SMILES string of the molecule is C/C=C\N(N)CC(NCC(Cc1ccc(Cl)cc1)c1cccc(C#N)c1)c1ccccc1. The van der Waals surface area contributed by atoms with E-state index in [1.54, 1.807) is 5.01 Å². The number of nitrogens with zero attached hydrogens (tertiary/aromatic N) is 2. The highest BCUT2D eigenvalue weighted by molar-refractivity contribution is 6.30. The van der Waals surface area contributed by atoms with Gasteiger partial charge in [0.05, 0.1) is 24.2 Å². The number of hydrazine groups is 1. The van der Waals surface area contributed by atoms with E-state index in [4.69, 9.17) is 17.4 Å². The van der Waals surface area contributed by atoms with Gasteiger partial charge in [-0.15, -0.1) is 0 Å². The van der Waals surface area contributed by atoms with Gasteiger partial charge in [0.2, 0.25) is 0 Å². The van der Waals surface area contributed by atoms with Crippen molar-refractivity contribution in [3.63, 3.8) is 0 Å². The van der Waals surface area contributed by atoms with Gasteiger partial charge in [-0.3, -0.25) is 0 Å². The van der Waals surface area contributed by atoms with Crippen LogP contribution in [0.5, 0.6) is 0 Å². The predicted octanol–water partition coefficient (Wildman–Crippen LogP) is 5.58. The molecule has 3 rings (SSSR count). The minimum atomic E-state index is 0.0595. The van der Waals surface area contributed by atoms with Gasteiger partial charge in [-0.05, 0) is 54.3 Å². The molecule has 0 aromatic heterocycles. The van der Waals surface area contributed by atoms with Crippen LogP contribution in [0, 0.1) is 11.3 Å². The average Bonchev–Trinajstić information content (AvgIpc) is 2.82. The van der Waals surface area contributed by atoms with Gasteiger partial charge in [-0.25, -0.2) is 5.84 Å². The van der Waals surface area contributed by atoms with E-state index >= 15 is 0 Å². The van der Waals surface area contributed by atoms with Crippen LogP contribution in [0.25, 0.3) is 0 Å². The smallest absolute Gasteiger partial charge is 0.0991 e. The molecule has 0 spiro atoms. The van der Waals surface area contributed by atoms with Gasteiger partial charge in [0.15, 0.2) is 0 Å². The van der Waals surface area contributed by atoms with Crippen LogP contribution < -0.4 is 11.2 Å². The van der Waals surface area contributed by atoms with Crippen LogP contribution in [0.15, 0.2) is 91.1 Å². The summed E-state index contributed by atoms with van der Waals surface area (Å²) in [5, 5.41) is 15.5. The lowest BCUT2D eigenvalue weighted by Gasteiger charge is -2.27. The van der Waals surface area contributed by atoms with Gasteiger partial charge < -0.3 is 10.3 Å². The summed E-state index contributed by atoms with van der Waals surface area (Å²) in [6.07, 6.45) is 4.64. The molecule has 0 aliphatic carbocycles. The van der Waals surface area contributed by atoms with Crippen LogP contribution in [0.4, 0.5) is 0 Å². The van der Waals surface area contributed by atoms with Crippen LogP contribution in [0.3, 0.4) is 0 Å². The number of rotatable bonds is 10. The third-order valence-electron chi connectivity index (χ3n) is 5.43. The van der Waals surface area contributed by atoms with Crippen LogP contribution >= 0.6 is 11.6 Å². The summed E-state index contributed by atoms with van der Waals surface area (Å²) < 4.78 is 0. The molecule has 2 atom stereocenters. The Kier molecular flexibility index (Phi) is 8.89. The van der Waals surface area contributed by atoms with E-state index in [-0.39, 0.29) is 12.0 Å². The Morgan fingerprint density at radius 2 is 1.75 bits per heavy atom. The lowest BCUT2D eigenvalue weighted by Crippen LogP contribution is -2.38. The Morgan fingerprint density at radius 3 is 2.44 bits per heavy atom. The summed E-state index contributed by atoms with van der Waals surface area (Å²) in [4.78, 5) is 0. The quantitative estimate of drug-likeness (QED) is 0.316. The topological polar surface area (TPSA) is 65.1 Å². The van der Waals surface area contributed by atoms with Gasteiger partial charge in [-0.2, -0.15) is 5.26 Å². The second-order valence-electron chi connectivity index (χ2n) is 7.82. The van der Waals surface area contributed by atoms with E-state index in [0.717, 1.165) is 23.6 Å². The highest BCUT2D eigenvalue weighted by Crippen LogP contribution is 2.24. The van der Waals surface area contributed by atoms with Crippen LogP contribution in [0.2, 0.25) is 5.02 Å². The van der Waals surface area contributed by atoms with Crippen molar-refractivity contribution in [3.05, 3.63) is 118 Å². The zero-order valence-electron chi connectivity index (χ0n) is 18.3. The van der Waals surface area contributed by atoms with Crippen molar-refractivity contribution in [2.45, 2.75) is 25.3 Å². The molecule has 5 heteroatoms. The van der Waals surface area contributed by atoms with E-state index in [2.05, 4.69) is 41.7 Å². The Balaban J connectivity index is 1.84. The number of benzene rings is 3. The fourth-order valence-corrected chi connectivity index (χ4v) is 3.92. The van der Waals surface area contributed by atoms with Crippen molar-refractivity contribution in [2.75, 3.05) is 13.1 Å². The lowest BCUT2D eigenvalue weighted by atomic mass is 9.90. The van der Waals surface area contributed by atoms with Gasteiger partial charge >= 0.3 is 0 Å². The molecule has 0 bridgehead atoms. The average molecular weight is 445 g/mol. The van der Waals surface area contributed by atoms with Crippen molar-refractivity contribution < 1.29 is 0 Å². The molecule has 2 unspecified atom stereocenters. The van der Waals surface area contributed by atoms with Gasteiger partial charge in [0.25, 0.3) is 0 Å². The molecular weight excluding hydrogens is 416 g/mol. The normalized spacial score (nSPS) is 12.9. The molecular formula is C27H29ClN4. The molecule has 0 radical (unpaired) electrons. The molecule has 3 aromatic rings. The first-order valence-corrected chi connectivity index (χ1v) is 11.1. The molecule has 4 nitrogen and oxygen atoms in total. The van der Waals surface area contributed by atoms with Crippen molar-refractivity contribution in [1.82, 2.24) is 10.3 Å². The molecule has 0 fully saturated rings. The maximum Gasteiger partial charge on any atom is 0.0991 e. The first-order chi connectivity index (χ1) is 15.6. The molecule has 0 amide bonds. The molecule has 3 N–H and O–H groups in total. The molecule has 164 valence electrons. The molecule has 0 saturated carbocycles. The molecule has 0 saturated heterocycles. The van der Waals surface area contributed by atoms with E-state index in [1.165, 1.54) is 11.1 Å². The van der Waals surface area contributed by atoms with Crippen LogP contribution in [-0.4, -0.2) is 18.1 Å². The van der Waals surface area contributed by atoms with E-state index in [1.807, 2.05) is 67.7 Å². The number of halogens is 1. The van der Waals surface area contributed by atoms with Crippen molar-refractivity contribution in [3.8, 4) is 6.07 Å². The van der Waals surface area contributed by atoms with Crippen molar-refractivity contribution in [1.29, 1.82) is 5.26 Å². The summed E-state index contributed by atoms with van der Waals surface area (Å²) in [5.41, 5.74) is 4.19. The lowest BCUT2D eigenvalue weighted by molar-refractivity contribution is 0.327. The highest BCUT2D eigenvalue weighted by atomic mass is 35.5. The summed E-state index contributed by atoms with van der Waals surface area (Å²) in [6.45, 7) is 3.33. The monoisotopic (exact) mass is 444 g/mol. The number of nitriles is 1. The van der Waals surface area contributed by atoms with E-state index in [9.17, 15) is 5.26 Å². The maximum absolute atomic E-state index is 9.37. The number of nitrogens with two attached hydrogens (primary N) is 1. The van der Waals surface area contributed by atoms with E-state index in [0.29, 0.717) is 12.1 Å². The molecule has 3 aromatic carbocycles. The van der Waals surface area contributed by atoms with Crippen molar-refractivity contribution >= 4 is 11.6 Å². The second kappa shape index (κ2) is 12.1. The minimum Gasteiger partial charge on any atom is -0.317 e. The molecule has 0 heterocycles.